The van der Waals surface area contributed by atoms with Crippen LogP contribution in [0.25, 0.3) is 11.0 Å². The normalized spacial score (nSPS) is 21.4. The fourth-order valence-electron chi connectivity index (χ4n) is 2.59. The topological polar surface area (TPSA) is 41.0 Å². The molecule has 5 heteroatoms. The van der Waals surface area contributed by atoms with Gasteiger partial charge in [-0.2, -0.15) is 0 Å². The second-order valence-electron chi connectivity index (χ2n) is 4.67. The van der Waals surface area contributed by atoms with Gasteiger partial charge < -0.3 is 9.88 Å². The standard InChI is InChI=1S/C12H14FN3O/c1-15-5-4-9(7-15)16-11-3-2-8(13)6-10(11)14-12(16)17/h2-3,6,9H,4-5,7H2,1H3,(H,14,17). The molecule has 2 heterocycles. The molecule has 0 bridgehead atoms. The van der Waals surface area contributed by atoms with Crippen molar-refractivity contribution in [2.45, 2.75) is 12.5 Å². The molecule has 0 aliphatic carbocycles. The quantitative estimate of drug-likeness (QED) is 0.810. The zero-order valence-corrected chi connectivity index (χ0v) is 9.61. The Balaban J connectivity index is 2.15. The van der Waals surface area contributed by atoms with Gasteiger partial charge in [-0.3, -0.25) is 4.57 Å². The summed E-state index contributed by atoms with van der Waals surface area (Å²) in [6.07, 6.45) is 0.959. The first kappa shape index (κ1) is 10.5. The fraction of sp³-hybridized carbons (Fsp3) is 0.417. The lowest BCUT2D eigenvalue weighted by Gasteiger charge is -2.12. The predicted molar refractivity (Wildman–Crippen MR) is 63.7 cm³/mol. The number of hydrogen-bond donors (Lipinski definition) is 1. The van der Waals surface area contributed by atoms with E-state index in [1.807, 2.05) is 7.05 Å². The van der Waals surface area contributed by atoms with Crippen molar-refractivity contribution in [1.29, 1.82) is 0 Å². The summed E-state index contributed by atoms with van der Waals surface area (Å²) in [5.41, 5.74) is 1.21. The highest BCUT2D eigenvalue weighted by Crippen LogP contribution is 2.23. The van der Waals surface area contributed by atoms with Crippen molar-refractivity contribution in [3.05, 3.63) is 34.5 Å². The number of hydrogen-bond acceptors (Lipinski definition) is 2. The molecular formula is C12H14FN3O. The van der Waals surface area contributed by atoms with Crippen molar-refractivity contribution in [1.82, 2.24) is 14.5 Å². The molecule has 0 amide bonds. The van der Waals surface area contributed by atoms with E-state index in [0.717, 1.165) is 25.0 Å². The van der Waals surface area contributed by atoms with Crippen molar-refractivity contribution < 1.29 is 4.39 Å². The molecule has 1 saturated heterocycles. The maximum atomic E-state index is 13.1. The Kier molecular flexibility index (Phi) is 2.29. The lowest BCUT2D eigenvalue weighted by Crippen LogP contribution is -2.24. The van der Waals surface area contributed by atoms with Crippen molar-refractivity contribution in [3.8, 4) is 0 Å². The summed E-state index contributed by atoms with van der Waals surface area (Å²) in [6, 6.07) is 4.61. The van der Waals surface area contributed by atoms with Gasteiger partial charge in [0.25, 0.3) is 0 Å². The highest BCUT2D eigenvalue weighted by atomic mass is 19.1. The van der Waals surface area contributed by atoms with Gasteiger partial charge in [-0.15, -0.1) is 0 Å². The minimum atomic E-state index is -0.325. The Hall–Kier alpha value is -1.62. The first-order chi connectivity index (χ1) is 8.15. The highest BCUT2D eigenvalue weighted by molar-refractivity contribution is 5.75. The van der Waals surface area contributed by atoms with E-state index < -0.39 is 0 Å². The fourth-order valence-corrected chi connectivity index (χ4v) is 2.59. The summed E-state index contributed by atoms with van der Waals surface area (Å²) in [4.78, 5) is 16.8. The van der Waals surface area contributed by atoms with Crippen LogP contribution in [0.15, 0.2) is 23.0 Å². The molecule has 2 aromatic rings. The van der Waals surface area contributed by atoms with E-state index in [4.69, 9.17) is 0 Å². The van der Waals surface area contributed by atoms with E-state index in [0.29, 0.717) is 5.52 Å². The van der Waals surface area contributed by atoms with Crippen LogP contribution in [0.5, 0.6) is 0 Å². The molecule has 0 radical (unpaired) electrons. The average Bonchev–Trinajstić information content (AvgIpc) is 2.80. The van der Waals surface area contributed by atoms with Gasteiger partial charge in [-0.05, 0) is 38.2 Å². The van der Waals surface area contributed by atoms with Gasteiger partial charge in [0.2, 0.25) is 0 Å². The van der Waals surface area contributed by atoms with Gasteiger partial charge in [-0.25, -0.2) is 9.18 Å². The van der Waals surface area contributed by atoms with Gasteiger partial charge in [0, 0.05) is 6.54 Å². The molecule has 1 unspecified atom stereocenters. The Morgan fingerprint density at radius 3 is 3.00 bits per heavy atom. The number of aromatic amines is 1. The van der Waals surface area contributed by atoms with Crippen LogP contribution in [-0.4, -0.2) is 34.6 Å². The lowest BCUT2D eigenvalue weighted by molar-refractivity contribution is 0.392. The molecule has 1 fully saturated rings. The third-order valence-corrected chi connectivity index (χ3v) is 3.41. The number of H-pyrrole nitrogens is 1. The molecule has 0 spiro atoms. The molecular weight excluding hydrogens is 221 g/mol. The average molecular weight is 235 g/mol. The molecule has 1 atom stereocenters. The van der Waals surface area contributed by atoms with Crippen molar-refractivity contribution in [3.63, 3.8) is 0 Å². The minimum Gasteiger partial charge on any atom is -0.305 e. The maximum Gasteiger partial charge on any atom is 0.326 e. The molecule has 3 rings (SSSR count). The third kappa shape index (κ3) is 1.67. The number of halogens is 1. The Bertz CT molecular complexity index is 616. The van der Waals surface area contributed by atoms with E-state index in [9.17, 15) is 9.18 Å². The van der Waals surface area contributed by atoms with Crippen LogP contribution in [0.3, 0.4) is 0 Å². The largest absolute Gasteiger partial charge is 0.326 e. The number of rotatable bonds is 1. The van der Waals surface area contributed by atoms with E-state index in [2.05, 4.69) is 9.88 Å². The van der Waals surface area contributed by atoms with Crippen LogP contribution < -0.4 is 5.69 Å². The van der Waals surface area contributed by atoms with Crippen molar-refractivity contribution in [2.24, 2.45) is 0 Å². The summed E-state index contributed by atoms with van der Waals surface area (Å²) in [5, 5.41) is 0. The Morgan fingerprint density at radius 1 is 1.47 bits per heavy atom. The molecule has 1 aliphatic heterocycles. The molecule has 4 nitrogen and oxygen atoms in total. The second kappa shape index (κ2) is 3.70. The van der Waals surface area contributed by atoms with Gasteiger partial charge in [0.1, 0.15) is 5.82 Å². The predicted octanol–water partition coefficient (Wildman–Crippen LogP) is 1.35. The molecule has 17 heavy (non-hydrogen) atoms. The van der Waals surface area contributed by atoms with Crippen molar-refractivity contribution in [2.75, 3.05) is 20.1 Å². The van der Waals surface area contributed by atoms with Gasteiger partial charge in [0.05, 0.1) is 17.1 Å². The van der Waals surface area contributed by atoms with Crippen LogP contribution in [0.2, 0.25) is 0 Å². The SMILES string of the molecule is CN1CCC(n2c(=O)[nH]c3cc(F)ccc32)C1. The summed E-state index contributed by atoms with van der Waals surface area (Å²) in [7, 11) is 2.04. The number of imidazole rings is 1. The summed E-state index contributed by atoms with van der Waals surface area (Å²) >= 11 is 0. The van der Waals surface area contributed by atoms with Gasteiger partial charge in [0.15, 0.2) is 0 Å². The first-order valence-corrected chi connectivity index (χ1v) is 5.73. The summed E-state index contributed by atoms with van der Waals surface area (Å²) in [6.45, 7) is 1.86. The third-order valence-electron chi connectivity index (χ3n) is 3.41. The van der Waals surface area contributed by atoms with Crippen molar-refractivity contribution >= 4 is 11.0 Å². The van der Waals surface area contributed by atoms with Crippen LogP contribution in [0.1, 0.15) is 12.5 Å². The number of nitrogens with zero attached hydrogens (tertiary/aromatic N) is 2. The number of fused-ring (bicyclic) bond motifs is 1. The monoisotopic (exact) mass is 235 g/mol. The highest BCUT2D eigenvalue weighted by Gasteiger charge is 2.24. The van der Waals surface area contributed by atoms with E-state index in [1.165, 1.54) is 12.1 Å². The Labute approximate surface area is 97.7 Å². The number of likely N-dealkylation sites (tertiary alicyclic amines) is 1. The lowest BCUT2D eigenvalue weighted by atomic mass is 10.2. The first-order valence-electron chi connectivity index (χ1n) is 5.73. The number of aromatic nitrogens is 2. The Morgan fingerprint density at radius 2 is 2.29 bits per heavy atom. The molecule has 1 aromatic heterocycles. The van der Waals surface area contributed by atoms with Crippen LogP contribution in [-0.2, 0) is 0 Å². The number of benzene rings is 1. The zero-order valence-electron chi connectivity index (χ0n) is 9.61. The summed E-state index contributed by atoms with van der Waals surface area (Å²) in [5.74, 6) is -0.325. The van der Waals surface area contributed by atoms with Crippen LogP contribution in [0, 0.1) is 5.82 Å². The van der Waals surface area contributed by atoms with Gasteiger partial charge >= 0.3 is 5.69 Å². The molecule has 90 valence electrons. The van der Waals surface area contributed by atoms with E-state index in [1.54, 1.807) is 10.6 Å². The molecule has 0 saturated carbocycles. The second-order valence-corrected chi connectivity index (χ2v) is 4.67. The van der Waals surface area contributed by atoms with Gasteiger partial charge in [-0.1, -0.05) is 0 Å². The van der Waals surface area contributed by atoms with E-state index >= 15 is 0 Å². The smallest absolute Gasteiger partial charge is 0.305 e. The zero-order chi connectivity index (χ0) is 12.0. The van der Waals surface area contributed by atoms with Crippen LogP contribution in [0.4, 0.5) is 4.39 Å². The number of likely N-dealkylation sites (N-methyl/N-ethyl adjacent to an activating group) is 1. The molecule has 1 N–H and O–H groups in total. The van der Waals surface area contributed by atoms with E-state index in [-0.39, 0.29) is 17.5 Å². The number of nitrogens with one attached hydrogen (secondary N) is 1. The van der Waals surface area contributed by atoms with Crippen LogP contribution >= 0.6 is 0 Å². The molecule has 1 aromatic carbocycles. The minimum absolute atomic E-state index is 0.147. The summed E-state index contributed by atoms with van der Waals surface area (Å²) < 4.78 is 14.8. The molecule has 1 aliphatic rings. The maximum absolute atomic E-state index is 13.1.